The van der Waals surface area contributed by atoms with Gasteiger partial charge in [0.1, 0.15) is 0 Å². The van der Waals surface area contributed by atoms with Gasteiger partial charge in [-0.3, -0.25) is 4.79 Å². The van der Waals surface area contributed by atoms with Gasteiger partial charge in [0.05, 0.1) is 5.56 Å². The fourth-order valence-electron chi connectivity index (χ4n) is 2.04. The van der Waals surface area contributed by atoms with Crippen LogP contribution in [0.4, 0.5) is 8.78 Å². The number of rotatable bonds is 2. The van der Waals surface area contributed by atoms with Crippen LogP contribution in [0.15, 0.2) is 16.6 Å². The molecule has 1 fully saturated rings. The summed E-state index contributed by atoms with van der Waals surface area (Å²) in [6.45, 7) is 1.20. The first-order valence-electron chi connectivity index (χ1n) is 5.64. The first kappa shape index (κ1) is 16.3. The number of nitrogens with one attached hydrogen (secondary N) is 1. The molecule has 0 bridgehead atoms. The van der Waals surface area contributed by atoms with E-state index in [9.17, 15) is 13.6 Å². The third-order valence-corrected chi connectivity index (χ3v) is 3.78. The Hall–Kier alpha value is -0.720. The van der Waals surface area contributed by atoms with Crippen molar-refractivity contribution in [2.75, 3.05) is 20.1 Å². The summed E-state index contributed by atoms with van der Waals surface area (Å²) in [4.78, 5) is 13.8. The van der Waals surface area contributed by atoms with E-state index >= 15 is 0 Å². The number of amides is 1. The maximum atomic E-state index is 13.2. The highest BCUT2D eigenvalue weighted by molar-refractivity contribution is 9.10. The molecule has 2 rings (SSSR count). The summed E-state index contributed by atoms with van der Waals surface area (Å²) >= 11 is 3.09. The maximum Gasteiger partial charge on any atom is 0.255 e. The van der Waals surface area contributed by atoms with Crippen molar-refractivity contribution >= 4 is 34.2 Å². The Kier molecular flexibility index (Phi) is 5.70. The van der Waals surface area contributed by atoms with E-state index in [1.54, 1.807) is 4.90 Å². The zero-order chi connectivity index (χ0) is 13.3. The Morgan fingerprint density at radius 3 is 2.63 bits per heavy atom. The Morgan fingerprint density at radius 2 is 2.05 bits per heavy atom. The van der Waals surface area contributed by atoms with Gasteiger partial charge in [0.25, 0.3) is 5.91 Å². The van der Waals surface area contributed by atoms with Crippen LogP contribution >= 0.6 is 28.3 Å². The summed E-state index contributed by atoms with van der Waals surface area (Å²) in [5.41, 5.74) is 0.158. The summed E-state index contributed by atoms with van der Waals surface area (Å²) in [6, 6.07) is 2.18. The normalized spacial score (nSPS) is 18.3. The largest absolute Gasteiger partial charge is 0.337 e. The van der Waals surface area contributed by atoms with E-state index in [0.29, 0.717) is 13.1 Å². The SMILES string of the molecule is CNC1CCN(C(=O)c2cc(F)c(F)cc2Br)C1.Cl. The molecule has 3 nitrogen and oxygen atoms in total. The minimum absolute atomic E-state index is 0. The fraction of sp³-hybridized carbons (Fsp3) is 0.417. The highest BCUT2D eigenvalue weighted by Crippen LogP contribution is 2.23. The molecule has 106 valence electrons. The number of halogens is 4. The summed E-state index contributed by atoms with van der Waals surface area (Å²) in [7, 11) is 1.84. The maximum absolute atomic E-state index is 13.2. The molecule has 0 aromatic heterocycles. The molecule has 1 saturated heterocycles. The molecule has 7 heteroatoms. The van der Waals surface area contributed by atoms with Crippen molar-refractivity contribution in [3.8, 4) is 0 Å². The summed E-state index contributed by atoms with van der Waals surface area (Å²) in [5.74, 6) is -2.25. The van der Waals surface area contributed by atoms with Crippen LogP contribution in [0.1, 0.15) is 16.8 Å². The van der Waals surface area contributed by atoms with E-state index < -0.39 is 11.6 Å². The number of carbonyl (C=O) groups is 1. The number of hydrogen-bond acceptors (Lipinski definition) is 2. The molecule has 0 saturated carbocycles. The number of likely N-dealkylation sites (tertiary alicyclic amines) is 1. The van der Waals surface area contributed by atoms with Gasteiger partial charge in [0.15, 0.2) is 11.6 Å². The van der Waals surface area contributed by atoms with Gasteiger partial charge in [0.2, 0.25) is 0 Å². The van der Waals surface area contributed by atoms with E-state index in [0.717, 1.165) is 18.6 Å². The summed E-state index contributed by atoms with van der Waals surface area (Å²) in [6.07, 6.45) is 0.865. The first-order chi connectivity index (χ1) is 8.52. The van der Waals surface area contributed by atoms with Crippen LogP contribution in [0.3, 0.4) is 0 Å². The number of benzene rings is 1. The van der Waals surface area contributed by atoms with E-state index in [1.165, 1.54) is 0 Å². The van der Waals surface area contributed by atoms with Crippen LogP contribution in [0, 0.1) is 11.6 Å². The van der Waals surface area contributed by atoms with Crippen molar-refractivity contribution in [1.82, 2.24) is 10.2 Å². The molecular weight excluding hydrogens is 341 g/mol. The molecule has 0 spiro atoms. The lowest BCUT2D eigenvalue weighted by molar-refractivity contribution is 0.0788. The molecular formula is C12H14BrClF2N2O. The second kappa shape index (κ2) is 6.63. The molecule has 1 atom stereocenters. The zero-order valence-electron chi connectivity index (χ0n) is 10.3. The van der Waals surface area contributed by atoms with Gasteiger partial charge in [-0.2, -0.15) is 0 Å². The smallest absolute Gasteiger partial charge is 0.255 e. The number of likely N-dealkylation sites (N-methyl/N-ethyl adjacent to an activating group) is 1. The quantitative estimate of drug-likeness (QED) is 0.827. The van der Waals surface area contributed by atoms with Crippen molar-refractivity contribution in [3.05, 3.63) is 33.8 Å². The molecule has 1 aliphatic heterocycles. The molecule has 1 N–H and O–H groups in total. The lowest BCUT2D eigenvalue weighted by atomic mass is 10.2. The van der Waals surface area contributed by atoms with Crippen molar-refractivity contribution in [2.45, 2.75) is 12.5 Å². The number of carbonyl (C=O) groups excluding carboxylic acids is 1. The third-order valence-electron chi connectivity index (χ3n) is 3.12. The highest BCUT2D eigenvalue weighted by Gasteiger charge is 2.27. The molecule has 1 aromatic rings. The Labute approximate surface area is 124 Å². The van der Waals surface area contributed by atoms with E-state index in [-0.39, 0.29) is 34.4 Å². The lowest BCUT2D eigenvalue weighted by Gasteiger charge is -2.17. The minimum Gasteiger partial charge on any atom is -0.337 e. The summed E-state index contributed by atoms with van der Waals surface area (Å²) in [5, 5.41) is 3.10. The number of hydrogen-bond donors (Lipinski definition) is 1. The van der Waals surface area contributed by atoms with E-state index in [2.05, 4.69) is 21.2 Å². The lowest BCUT2D eigenvalue weighted by Crippen LogP contribution is -2.33. The van der Waals surface area contributed by atoms with Crippen LogP contribution in [0.5, 0.6) is 0 Å². The Bertz CT molecular complexity index is 487. The van der Waals surface area contributed by atoms with Gasteiger partial charge < -0.3 is 10.2 Å². The molecule has 1 aliphatic rings. The standard InChI is InChI=1S/C12H13BrF2N2O.ClH/c1-16-7-2-3-17(6-7)12(18)8-4-10(14)11(15)5-9(8)13;/h4-5,7,16H,2-3,6H2,1H3;1H. The van der Waals surface area contributed by atoms with Crippen molar-refractivity contribution in [3.63, 3.8) is 0 Å². The third kappa shape index (κ3) is 3.43. The molecule has 1 aromatic carbocycles. The molecule has 0 aliphatic carbocycles. The molecule has 1 heterocycles. The predicted molar refractivity (Wildman–Crippen MR) is 74.7 cm³/mol. The molecule has 1 amide bonds. The Morgan fingerprint density at radius 1 is 1.42 bits per heavy atom. The minimum atomic E-state index is -1.01. The van der Waals surface area contributed by atoms with Gasteiger partial charge in [-0.05, 0) is 41.5 Å². The second-order valence-electron chi connectivity index (χ2n) is 4.27. The predicted octanol–water partition coefficient (Wildman–Crippen LogP) is 2.58. The molecule has 19 heavy (non-hydrogen) atoms. The van der Waals surface area contributed by atoms with Gasteiger partial charge in [-0.1, -0.05) is 0 Å². The van der Waals surface area contributed by atoms with E-state index in [4.69, 9.17) is 0 Å². The highest BCUT2D eigenvalue weighted by atomic mass is 79.9. The van der Waals surface area contributed by atoms with Crippen LogP contribution in [0.25, 0.3) is 0 Å². The fourth-order valence-corrected chi connectivity index (χ4v) is 2.52. The zero-order valence-corrected chi connectivity index (χ0v) is 12.7. The van der Waals surface area contributed by atoms with Gasteiger partial charge in [-0.15, -0.1) is 12.4 Å². The van der Waals surface area contributed by atoms with Crippen LogP contribution in [-0.2, 0) is 0 Å². The monoisotopic (exact) mass is 354 g/mol. The van der Waals surface area contributed by atoms with Gasteiger partial charge in [-0.25, -0.2) is 8.78 Å². The van der Waals surface area contributed by atoms with Crippen LogP contribution < -0.4 is 5.32 Å². The van der Waals surface area contributed by atoms with Crippen LogP contribution in [0.2, 0.25) is 0 Å². The average Bonchev–Trinajstić information content (AvgIpc) is 2.81. The van der Waals surface area contributed by atoms with Crippen LogP contribution in [-0.4, -0.2) is 37.0 Å². The van der Waals surface area contributed by atoms with Crippen molar-refractivity contribution < 1.29 is 13.6 Å². The van der Waals surface area contributed by atoms with Gasteiger partial charge in [0, 0.05) is 23.6 Å². The molecule has 1 unspecified atom stereocenters. The topological polar surface area (TPSA) is 32.3 Å². The average molecular weight is 356 g/mol. The van der Waals surface area contributed by atoms with Crippen molar-refractivity contribution in [2.24, 2.45) is 0 Å². The van der Waals surface area contributed by atoms with Gasteiger partial charge >= 0.3 is 0 Å². The first-order valence-corrected chi connectivity index (χ1v) is 6.43. The number of nitrogens with zero attached hydrogens (tertiary/aromatic N) is 1. The van der Waals surface area contributed by atoms with E-state index in [1.807, 2.05) is 7.05 Å². The van der Waals surface area contributed by atoms with Crippen molar-refractivity contribution in [1.29, 1.82) is 0 Å². The Balaban J connectivity index is 0.00000180. The molecule has 0 radical (unpaired) electrons. The second-order valence-corrected chi connectivity index (χ2v) is 5.13. The summed E-state index contributed by atoms with van der Waals surface area (Å²) < 4.78 is 26.4.